The van der Waals surface area contributed by atoms with Crippen molar-refractivity contribution in [2.45, 2.75) is 37.7 Å². The van der Waals surface area contributed by atoms with E-state index in [9.17, 15) is 18.0 Å². The molecule has 0 aliphatic carbocycles. The van der Waals surface area contributed by atoms with Crippen LogP contribution in [0.2, 0.25) is 0 Å². The summed E-state index contributed by atoms with van der Waals surface area (Å²) >= 11 is 0. The zero-order valence-corrected chi connectivity index (χ0v) is 14.1. The quantitative estimate of drug-likeness (QED) is 0.765. The van der Waals surface area contributed by atoms with Crippen molar-refractivity contribution in [2.24, 2.45) is 0 Å². The van der Waals surface area contributed by atoms with Crippen LogP contribution in [0.15, 0.2) is 29.2 Å². The minimum absolute atomic E-state index is 0.114. The number of carboxylic acid groups (broad SMARTS) is 1. The molecule has 1 aromatic rings. The minimum atomic E-state index is -3.74. The van der Waals surface area contributed by atoms with Crippen molar-refractivity contribution in [1.82, 2.24) is 5.32 Å². The van der Waals surface area contributed by atoms with Gasteiger partial charge < -0.3 is 15.2 Å². The molecule has 0 saturated carbocycles. The molecule has 8 heteroatoms. The molecule has 23 heavy (non-hydrogen) atoms. The highest BCUT2D eigenvalue weighted by molar-refractivity contribution is 7.91. The van der Waals surface area contributed by atoms with Crippen LogP contribution in [0.4, 0.5) is 4.79 Å². The molecule has 0 radical (unpaired) electrons. The number of nitrogens with one attached hydrogen (secondary N) is 1. The number of carbonyl (C=O) groups excluding carboxylic acids is 1. The summed E-state index contributed by atoms with van der Waals surface area (Å²) in [7, 11) is -3.74. The first-order chi connectivity index (χ1) is 10.5. The van der Waals surface area contributed by atoms with Gasteiger partial charge in [0.1, 0.15) is 5.60 Å². The van der Waals surface area contributed by atoms with E-state index in [1.807, 2.05) is 0 Å². The Morgan fingerprint density at radius 3 is 2.39 bits per heavy atom. The first kappa shape index (κ1) is 19.0. The molecular weight excluding hydrogens is 322 g/mol. The molecule has 7 nitrogen and oxygen atoms in total. The molecule has 2 N–H and O–H groups in total. The van der Waals surface area contributed by atoms with E-state index in [1.54, 1.807) is 20.8 Å². The Bertz CT molecular complexity index is 675. The van der Waals surface area contributed by atoms with Crippen LogP contribution in [0.5, 0.6) is 0 Å². The molecular formula is C15H21NO6S. The van der Waals surface area contributed by atoms with Gasteiger partial charge in [-0.15, -0.1) is 0 Å². The van der Waals surface area contributed by atoms with Crippen LogP contribution >= 0.6 is 0 Å². The Balaban J connectivity index is 2.61. The van der Waals surface area contributed by atoms with Crippen LogP contribution in [0.25, 0.3) is 0 Å². The van der Waals surface area contributed by atoms with E-state index in [1.165, 1.54) is 24.3 Å². The van der Waals surface area contributed by atoms with Gasteiger partial charge in [0, 0.05) is 6.54 Å². The summed E-state index contributed by atoms with van der Waals surface area (Å²) in [6.45, 7) is 5.28. The Hall–Kier alpha value is -2.09. The molecule has 0 aromatic heterocycles. The Kier molecular flexibility index (Phi) is 6.14. The highest BCUT2D eigenvalue weighted by atomic mass is 32.2. The molecule has 0 saturated heterocycles. The first-order valence-corrected chi connectivity index (χ1v) is 8.70. The number of aromatic carboxylic acids is 1. The average Bonchev–Trinajstić information content (AvgIpc) is 2.42. The van der Waals surface area contributed by atoms with Gasteiger partial charge in [0.15, 0.2) is 9.84 Å². The third-order valence-electron chi connectivity index (χ3n) is 2.71. The minimum Gasteiger partial charge on any atom is -0.478 e. The van der Waals surface area contributed by atoms with Crippen LogP contribution in [0.3, 0.4) is 0 Å². The Labute approximate surface area is 135 Å². The topological polar surface area (TPSA) is 110 Å². The fourth-order valence-corrected chi connectivity index (χ4v) is 3.31. The largest absolute Gasteiger partial charge is 0.478 e. The van der Waals surface area contributed by atoms with Gasteiger partial charge in [-0.2, -0.15) is 0 Å². The van der Waals surface area contributed by atoms with Crippen molar-refractivity contribution in [3.8, 4) is 0 Å². The molecule has 0 bridgehead atoms. The number of rotatable bonds is 6. The van der Waals surface area contributed by atoms with Crippen LogP contribution < -0.4 is 5.32 Å². The monoisotopic (exact) mass is 343 g/mol. The van der Waals surface area contributed by atoms with Gasteiger partial charge in [-0.1, -0.05) is 12.1 Å². The molecule has 0 fully saturated rings. The summed E-state index contributed by atoms with van der Waals surface area (Å²) < 4.78 is 29.5. The molecule has 0 atom stereocenters. The standard InChI is InChI=1S/C15H21NO6S/c1-15(2,3)22-14(19)16-9-6-10-23(20,21)12-8-5-4-7-11(12)13(17)18/h4-5,7-8H,6,9-10H2,1-3H3,(H,16,19)(H,17,18). The number of ether oxygens (including phenoxy) is 1. The van der Waals surface area contributed by atoms with Crippen molar-refractivity contribution in [3.63, 3.8) is 0 Å². The van der Waals surface area contributed by atoms with Crippen LogP contribution in [0, 0.1) is 0 Å². The second kappa shape index (κ2) is 7.45. The molecule has 1 amide bonds. The van der Waals surface area contributed by atoms with E-state index in [4.69, 9.17) is 9.84 Å². The van der Waals surface area contributed by atoms with Crippen LogP contribution in [0.1, 0.15) is 37.6 Å². The summed E-state index contributed by atoms with van der Waals surface area (Å²) in [6, 6.07) is 5.44. The number of carbonyl (C=O) groups is 2. The molecule has 1 rings (SSSR count). The molecule has 128 valence electrons. The van der Waals surface area contributed by atoms with Gasteiger partial charge in [0.2, 0.25) is 0 Å². The molecule has 0 heterocycles. The number of sulfone groups is 1. The highest BCUT2D eigenvalue weighted by Gasteiger charge is 2.22. The number of hydrogen-bond acceptors (Lipinski definition) is 5. The van der Waals surface area contributed by atoms with Crippen molar-refractivity contribution in [3.05, 3.63) is 29.8 Å². The van der Waals surface area contributed by atoms with E-state index in [0.717, 1.165) is 0 Å². The second-order valence-electron chi connectivity index (χ2n) is 5.90. The lowest BCUT2D eigenvalue weighted by Gasteiger charge is -2.19. The van der Waals surface area contributed by atoms with Gasteiger partial charge in [-0.3, -0.25) is 0 Å². The average molecular weight is 343 g/mol. The van der Waals surface area contributed by atoms with Crippen LogP contribution in [-0.2, 0) is 14.6 Å². The number of alkyl carbamates (subject to hydrolysis) is 1. The zero-order valence-electron chi connectivity index (χ0n) is 13.3. The van der Waals surface area contributed by atoms with E-state index >= 15 is 0 Å². The number of amides is 1. The van der Waals surface area contributed by atoms with E-state index in [0.29, 0.717) is 0 Å². The van der Waals surface area contributed by atoms with Gasteiger partial charge in [-0.05, 0) is 39.3 Å². The number of benzene rings is 1. The maximum atomic E-state index is 12.2. The van der Waals surface area contributed by atoms with Crippen molar-refractivity contribution >= 4 is 21.9 Å². The van der Waals surface area contributed by atoms with E-state index in [2.05, 4.69) is 5.32 Å². The fourth-order valence-electron chi connectivity index (χ4n) is 1.79. The summed E-state index contributed by atoms with van der Waals surface area (Å²) in [6.07, 6.45) is -0.476. The van der Waals surface area contributed by atoms with Gasteiger partial charge in [0.05, 0.1) is 16.2 Å². The van der Waals surface area contributed by atoms with E-state index < -0.39 is 27.5 Å². The van der Waals surface area contributed by atoms with Crippen molar-refractivity contribution < 1.29 is 27.9 Å². The summed E-state index contributed by atoms with van der Waals surface area (Å²) in [4.78, 5) is 22.3. The molecule has 0 aliphatic rings. The maximum absolute atomic E-state index is 12.2. The van der Waals surface area contributed by atoms with Gasteiger partial charge in [0.25, 0.3) is 0 Å². The van der Waals surface area contributed by atoms with E-state index in [-0.39, 0.29) is 29.2 Å². The second-order valence-corrected chi connectivity index (χ2v) is 7.98. The highest BCUT2D eigenvalue weighted by Crippen LogP contribution is 2.17. The Morgan fingerprint density at radius 1 is 1.22 bits per heavy atom. The lowest BCUT2D eigenvalue weighted by molar-refractivity contribution is 0.0527. The normalized spacial score (nSPS) is 11.8. The molecule has 0 unspecified atom stereocenters. The summed E-state index contributed by atoms with van der Waals surface area (Å²) in [5, 5.41) is 11.5. The smallest absolute Gasteiger partial charge is 0.407 e. The predicted octanol–water partition coefficient (Wildman–Crippen LogP) is 2.07. The van der Waals surface area contributed by atoms with Crippen molar-refractivity contribution in [2.75, 3.05) is 12.3 Å². The molecule has 0 aliphatic heterocycles. The fraction of sp³-hybridized carbons (Fsp3) is 0.467. The predicted molar refractivity (Wildman–Crippen MR) is 84.3 cm³/mol. The summed E-state index contributed by atoms with van der Waals surface area (Å²) in [5.74, 6) is -1.57. The molecule has 1 aromatic carbocycles. The SMILES string of the molecule is CC(C)(C)OC(=O)NCCCS(=O)(=O)c1ccccc1C(=O)O. The summed E-state index contributed by atoms with van der Waals surface area (Å²) in [5.41, 5.74) is -0.885. The van der Waals surface area contributed by atoms with Gasteiger partial charge in [-0.25, -0.2) is 18.0 Å². The molecule has 0 spiro atoms. The zero-order chi connectivity index (χ0) is 17.7. The van der Waals surface area contributed by atoms with Crippen LogP contribution in [-0.4, -0.2) is 43.5 Å². The maximum Gasteiger partial charge on any atom is 0.407 e. The Morgan fingerprint density at radius 2 is 1.83 bits per heavy atom. The van der Waals surface area contributed by atoms with Crippen molar-refractivity contribution in [1.29, 1.82) is 0 Å². The number of carboxylic acids is 1. The lowest BCUT2D eigenvalue weighted by Crippen LogP contribution is -2.33. The third kappa shape index (κ3) is 6.27. The first-order valence-electron chi connectivity index (χ1n) is 7.05. The third-order valence-corrected chi connectivity index (χ3v) is 4.56. The lowest BCUT2D eigenvalue weighted by atomic mass is 10.2. The number of hydrogen-bond donors (Lipinski definition) is 2. The van der Waals surface area contributed by atoms with Gasteiger partial charge >= 0.3 is 12.1 Å².